The van der Waals surface area contributed by atoms with Crippen molar-refractivity contribution in [2.75, 3.05) is 22.9 Å². The molecule has 0 spiro atoms. The Labute approximate surface area is 142 Å². The Bertz CT molecular complexity index is 727. The number of aromatic nitrogens is 2. The third kappa shape index (κ3) is 2.92. The third-order valence-electron chi connectivity index (χ3n) is 4.99. The molecule has 2 heterocycles. The van der Waals surface area contributed by atoms with Crippen LogP contribution in [0.5, 0.6) is 0 Å². The zero-order chi connectivity index (χ0) is 16.4. The maximum Gasteiger partial charge on any atom is 0.132 e. The second-order valence-corrected chi connectivity index (χ2v) is 6.55. The molecule has 0 radical (unpaired) electrons. The topological polar surface area (TPSA) is 56.1 Å². The first-order valence-corrected chi connectivity index (χ1v) is 8.65. The van der Waals surface area contributed by atoms with E-state index in [2.05, 4.69) is 31.9 Å². The average molecular weight is 319 g/mol. The van der Waals surface area contributed by atoms with Gasteiger partial charge in [-0.2, -0.15) is 5.26 Å². The van der Waals surface area contributed by atoms with Crippen molar-refractivity contribution < 1.29 is 0 Å². The number of hydrogen-bond donors (Lipinski definition) is 0. The van der Waals surface area contributed by atoms with Gasteiger partial charge < -0.3 is 9.80 Å². The van der Waals surface area contributed by atoms with Crippen molar-refractivity contribution in [1.29, 1.82) is 5.26 Å². The molecule has 2 aromatic rings. The summed E-state index contributed by atoms with van der Waals surface area (Å²) in [6, 6.07) is 13.4. The van der Waals surface area contributed by atoms with Crippen LogP contribution >= 0.6 is 0 Å². The lowest BCUT2D eigenvalue weighted by molar-refractivity contribution is 0.459. The van der Waals surface area contributed by atoms with Crippen LogP contribution in [0.3, 0.4) is 0 Å². The molecular formula is C19H21N5. The van der Waals surface area contributed by atoms with Crippen LogP contribution < -0.4 is 9.80 Å². The summed E-state index contributed by atoms with van der Waals surface area (Å²) in [5, 5.41) is 9.32. The highest BCUT2D eigenvalue weighted by atomic mass is 15.3. The number of piperidine rings is 1. The molecular weight excluding hydrogens is 298 g/mol. The van der Waals surface area contributed by atoms with Gasteiger partial charge >= 0.3 is 0 Å². The van der Waals surface area contributed by atoms with Crippen molar-refractivity contribution in [1.82, 2.24) is 9.97 Å². The van der Waals surface area contributed by atoms with Gasteiger partial charge in [-0.05, 0) is 43.9 Å². The predicted octanol–water partition coefficient (Wildman–Crippen LogP) is 2.99. The van der Waals surface area contributed by atoms with E-state index in [1.54, 1.807) is 6.33 Å². The maximum atomic E-state index is 9.32. The van der Waals surface area contributed by atoms with Gasteiger partial charge in [0.2, 0.25) is 0 Å². The quantitative estimate of drug-likeness (QED) is 0.867. The standard InChI is InChI=1S/C19H21N5/c20-13-15-3-1-2-4-18(15)23-11-8-17(9-12-23)24(16-5-6-16)19-7-10-21-14-22-19/h1-4,7,10,14,16-17H,5-6,8-9,11-12H2. The Kier molecular flexibility index (Phi) is 4.04. The average Bonchev–Trinajstić information content (AvgIpc) is 3.48. The first-order chi connectivity index (χ1) is 11.9. The molecule has 1 aliphatic heterocycles. The normalized spacial score (nSPS) is 18.2. The Hall–Kier alpha value is -2.61. The van der Waals surface area contributed by atoms with Crippen molar-refractivity contribution in [2.45, 2.75) is 37.8 Å². The molecule has 1 aromatic heterocycles. The molecule has 2 aliphatic rings. The number of hydrogen-bond acceptors (Lipinski definition) is 5. The summed E-state index contributed by atoms with van der Waals surface area (Å²) in [4.78, 5) is 13.4. The van der Waals surface area contributed by atoms with Gasteiger partial charge in [0, 0.05) is 31.4 Å². The molecule has 0 bridgehead atoms. The van der Waals surface area contributed by atoms with Gasteiger partial charge in [0.1, 0.15) is 18.2 Å². The number of nitrogens with zero attached hydrogens (tertiary/aromatic N) is 5. The first-order valence-electron chi connectivity index (χ1n) is 8.65. The Balaban J connectivity index is 1.48. The molecule has 5 nitrogen and oxygen atoms in total. The van der Waals surface area contributed by atoms with E-state index in [4.69, 9.17) is 0 Å². The monoisotopic (exact) mass is 319 g/mol. The highest BCUT2D eigenvalue weighted by Gasteiger charge is 2.36. The van der Waals surface area contributed by atoms with Crippen LogP contribution in [-0.4, -0.2) is 35.1 Å². The minimum atomic E-state index is 0.526. The Morgan fingerprint density at radius 1 is 1.04 bits per heavy atom. The molecule has 1 saturated carbocycles. The molecule has 1 aromatic carbocycles. The van der Waals surface area contributed by atoms with Crippen molar-refractivity contribution in [2.24, 2.45) is 0 Å². The van der Waals surface area contributed by atoms with Crippen LogP contribution in [0.2, 0.25) is 0 Å². The second-order valence-electron chi connectivity index (χ2n) is 6.55. The first kappa shape index (κ1) is 14.9. The van der Waals surface area contributed by atoms with Gasteiger partial charge in [0.15, 0.2) is 0 Å². The summed E-state index contributed by atoms with van der Waals surface area (Å²) in [6.07, 6.45) is 8.20. The lowest BCUT2D eigenvalue weighted by Gasteiger charge is -2.40. The van der Waals surface area contributed by atoms with Gasteiger partial charge in [0.25, 0.3) is 0 Å². The van der Waals surface area contributed by atoms with E-state index >= 15 is 0 Å². The number of rotatable bonds is 4. The van der Waals surface area contributed by atoms with E-state index in [1.165, 1.54) is 12.8 Å². The van der Waals surface area contributed by atoms with Crippen molar-refractivity contribution in [3.05, 3.63) is 48.4 Å². The highest BCUT2D eigenvalue weighted by Crippen LogP contribution is 2.35. The van der Waals surface area contributed by atoms with Gasteiger partial charge in [-0.3, -0.25) is 0 Å². The molecule has 0 atom stereocenters. The lowest BCUT2D eigenvalue weighted by Crippen LogP contribution is -2.46. The van der Waals surface area contributed by atoms with Gasteiger partial charge in [-0.25, -0.2) is 9.97 Å². The van der Waals surface area contributed by atoms with E-state index in [-0.39, 0.29) is 0 Å². The summed E-state index contributed by atoms with van der Waals surface area (Å²) < 4.78 is 0. The largest absolute Gasteiger partial charge is 0.370 e. The molecule has 1 saturated heterocycles. The van der Waals surface area contributed by atoms with Crippen molar-refractivity contribution in [3.63, 3.8) is 0 Å². The highest BCUT2D eigenvalue weighted by molar-refractivity contribution is 5.59. The number of benzene rings is 1. The maximum absolute atomic E-state index is 9.32. The predicted molar refractivity (Wildman–Crippen MR) is 93.9 cm³/mol. The minimum Gasteiger partial charge on any atom is -0.370 e. The zero-order valence-corrected chi connectivity index (χ0v) is 13.7. The molecule has 5 heteroatoms. The van der Waals surface area contributed by atoms with E-state index in [0.29, 0.717) is 12.1 Å². The molecule has 24 heavy (non-hydrogen) atoms. The fourth-order valence-corrected chi connectivity index (χ4v) is 3.69. The summed E-state index contributed by atoms with van der Waals surface area (Å²) in [6.45, 7) is 1.97. The molecule has 1 aliphatic carbocycles. The molecule has 0 N–H and O–H groups in total. The third-order valence-corrected chi connectivity index (χ3v) is 4.99. The minimum absolute atomic E-state index is 0.526. The number of anilines is 2. The van der Waals surface area contributed by atoms with E-state index < -0.39 is 0 Å². The van der Waals surface area contributed by atoms with Crippen LogP contribution in [0.1, 0.15) is 31.2 Å². The smallest absolute Gasteiger partial charge is 0.132 e. The Morgan fingerprint density at radius 2 is 1.79 bits per heavy atom. The van der Waals surface area contributed by atoms with E-state index in [9.17, 15) is 5.26 Å². The number of para-hydroxylation sites is 1. The molecule has 122 valence electrons. The van der Waals surface area contributed by atoms with Crippen molar-refractivity contribution in [3.8, 4) is 6.07 Å². The van der Waals surface area contributed by atoms with Gasteiger partial charge in [-0.1, -0.05) is 12.1 Å². The summed E-state index contributed by atoms with van der Waals surface area (Å²) in [7, 11) is 0. The van der Waals surface area contributed by atoms with E-state index in [1.807, 2.05) is 30.5 Å². The summed E-state index contributed by atoms with van der Waals surface area (Å²) in [5.74, 6) is 1.06. The van der Waals surface area contributed by atoms with Crippen LogP contribution in [-0.2, 0) is 0 Å². The summed E-state index contributed by atoms with van der Waals surface area (Å²) >= 11 is 0. The lowest BCUT2D eigenvalue weighted by atomic mass is 10.0. The molecule has 0 amide bonds. The van der Waals surface area contributed by atoms with Gasteiger partial charge in [-0.15, -0.1) is 0 Å². The van der Waals surface area contributed by atoms with Crippen LogP contribution in [0.4, 0.5) is 11.5 Å². The SMILES string of the molecule is N#Cc1ccccc1N1CCC(N(c2ccncn2)C2CC2)CC1. The van der Waals surface area contributed by atoms with Crippen LogP contribution in [0.15, 0.2) is 42.9 Å². The Morgan fingerprint density at radius 3 is 2.46 bits per heavy atom. The van der Waals surface area contributed by atoms with E-state index in [0.717, 1.165) is 43.0 Å². The number of nitriles is 1. The second kappa shape index (κ2) is 6.48. The fraction of sp³-hybridized carbons (Fsp3) is 0.421. The van der Waals surface area contributed by atoms with Crippen LogP contribution in [0.25, 0.3) is 0 Å². The van der Waals surface area contributed by atoms with Crippen molar-refractivity contribution >= 4 is 11.5 Å². The molecule has 2 fully saturated rings. The van der Waals surface area contributed by atoms with Crippen LogP contribution in [0, 0.1) is 11.3 Å². The zero-order valence-electron chi connectivity index (χ0n) is 13.7. The van der Waals surface area contributed by atoms with Gasteiger partial charge in [0.05, 0.1) is 11.3 Å². The molecule has 4 rings (SSSR count). The summed E-state index contributed by atoms with van der Waals surface area (Å²) in [5.41, 5.74) is 1.84. The fourth-order valence-electron chi connectivity index (χ4n) is 3.69. The molecule has 0 unspecified atom stereocenters.